The first kappa shape index (κ1) is 24.8. The first-order valence-corrected chi connectivity index (χ1v) is 13.6. The van der Waals surface area contributed by atoms with E-state index < -0.39 is 10.0 Å². The Hall–Kier alpha value is -2.36. The lowest BCUT2D eigenvalue weighted by atomic mass is 9.90. The second-order valence-corrected chi connectivity index (χ2v) is 11.0. The molecule has 186 valence electrons. The van der Waals surface area contributed by atoms with Crippen molar-refractivity contribution in [1.82, 2.24) is 14.6 Å². The minimum absolute atomic E-state index is 0.0625. The van der Waals surface area contributed by atoms with Crippen LogP contribution in [0.4, 0.5) is 5.69 Å². The summed E-state index contributed by atoms with van der Waals surface area (Å²) in [6.45, 7) is 8.04. The summed E-state index contributed by atoms with van der Waals surface area (Å²) in [5.41, 5.74) is 1.17. The van der Waals surface area contributed by atoms with Gasteiger partial charge in [-0.2, -0.15) is 0 Å². The summed E-state index contributed by atoms with van der Waals surface area (Å²) in [7, 11) is -2.20. The largest absolute Gasteiger partial charge is 0.495 e. The number of ether oxygens (including phenoxy) is 2. The van der Waals surface area contributed by atoms with Crippen LogP contribution in [0.5, 0.6) is 11.5 Å². The molecule has 1 saturated heterocycles. The fourth-order valence-electron chi connectivity index (χ4n) is 4.98. The van der Waals surface area contributed by atoms with Crippen LogP contribution in [0.15, 0.2) is 47.6 Å². The monoisotopic (exact) mass is 488 g/mol. The van der Waals surface area contributed by atoms with Crippen LogP contribution in [0, 0.1) is 0 Å². The Morgan fingerprint density at radius 1 is 1.00 bits per heavy atom. The van der Waals surface area contributed by atoms with E-state index in [1.54, 1.807) is 6.07 Å². The molecule has 1 aliphatic heterocycles. The summed E-state index contributed by atoms with van der Waals surface area (Å²) in [5, 5.41) is 0. The average Bonchev–Trinajstić information content (AvgIpc) is 2.84. The zero-order valence-corrected chi connectivity index (χ0v) is 21.1. The Morgan fingerprint density at radius 2 is 1.71 bits per heavy atom. The molecule has 0 radical (unpaired) electrons. The molecule has 1 N–H and O–H groups in total. The quantitative estimate of drug-likeness (QED) is 0.610. The number of methoxy groups -OCH3 is 1. The van der Waals surface area contributed by atoms with E-state index >= 15 is 0 Å². The van der Waals surface area contributed by atoms with Crippen LogP contribution >= 0.6 is 0 Å². The number of piperazine rings is 1. The maximum atomic E-state index is 12.9. The van der Waals surface area contributed by atoms with E-state index in [1.807, 2.05) is 12.1 Å². The Labute approximate surface area is 203 Å². The standard InChI is InChI=1S/C25H36N4O4S/c1-19(2)33-23-7-5-4-6-22(23)29-16-14-28(15-17-29)21-10-8-20(9-11-21)27-34(30,31)25-18-26-13-12-24(25)32-3/h4-7,12-13,18-21,27H,8-11,14-17H2,1-3H3. The number of pyridine rings is 1. The molecule has 0 unspecified atom stereocenters. The number of hydrogen-bond donors (Lipinski definition) is 1. The highest BCUT2D eigenvalue weighted by Gasteiger charge is 2.31. The summed E-state index contributed by atoms with van der Waals surface area (Å²) in [6, 6.07) is 10.3. The Bertz CT molecular complexity index is 1050. The first-order valence-electron chi connectivity index (χ1n) is 12.1. The average molecular weight is 489 g/mol. The fourth-order valence-corrected chi connectivity index (χ4v) is 6.40. The second kappa shape index (κ2) is 10.9. The number of nitrogens with one attached hydrogen (secondary N) is 1. The fraction of sp³-hybridized carbons (Fsp3) is 0.560. The maximum Gasteiger partial charge on any atom is 0.246 e. The van der Waals surface area contributed by atoms with Crippen molar-refractivity contribution in [2.45, 2.75) is 62.6 Å². The van der Waals surface area contributed by atoms with Gasteiger partial charge in [0.25, 0.3) is 0 Å². The summed E-state index contributed by atoms with van der Waals surface area (Å²) in [5.74, 6) is 1.26. The minimum atomic E-state index is -3.67. The van der Waals surface area contributed by atoms with Gasteiger partial charge in [-0.15, -0.1) is 0 Å². The highest BCUT2D eigenvalue weighted by atomic mass is 32.2. The molecule has 2 heterocycles. The maximum absolute atomic E-state index is 12.9. The van der Waals surface area contributed by atoms with Crippen molar-refractivity contribution in [1.29, 1.82) is 0 Å². The van der Waals surface area contributed by atoms with E-state index in [0.29, 0.717) is 11.8 Å². The SMILES string of the molecule is COc1ccncc1S(=O)(=O)NC1CCC(N2CCN(c3ccccc3OC(C)C)CC2)CC1. The van der Waals surface area contributed by atoms with Crippen LogP contribution in [0.1, 0.15) is 39.5 Å². The van der Waals surface area contributed by atoms with Crippen molar-refractivity contribution in [2.24, 2.45) is 0 Å². The van der Waals surface area contributed by atoms with Crippen LogP contribution in [-0.2, 0) is 10.0 Å². The minimum Gasteiger partial charge on any atom is -0.495 e. The van der Waals surface area contributed by atoms with Crippen LogP contribution in [0.25, 0.3) is 0 Å². The number of anilines is 1. The molecule has 2 aliphatic rings. The zero-order valence-electron chi connectivity index (χ0n) is 20.3. The molecule has 1 aromatic heterocycles. The first-order chi connectivity index (χ1) is 16.4. The van der Waals surface area contributed by atoms with E-state index in [-0.39, 0.29) is 17.0 Å². The van der Waals surface area contributed by atoms with Gasteiger partial charge in [0.15, 0.2) is 0 Å². The Balaban J connectivity index is 1.29. The molecule has 1 aliphatic carbocycles. The van der Waals surface area contributed by atoms with Crippen molar-refractivity contribution in [2.75, 3.05) is 38.2 Å². The second-order valence-electron chi connectivity index (χ2n) is 9.31. The van der Waals surface area contributed by atoms with Crippen molar-refractivity contribution < 1.29 is 17.9 Å². The van der Waals surface area contributed by atoms with Gasteiger partial charge in [0.1, 0.15) is 16.4 Å². The summed E-state index contributed by atoms with van der Waals surface area (Å²) in [4.78, 5) is 9.03. The van der Waals surface area contributed by atoms with Gasteiger partial charge in [0.05, 0.1) is 25.1 Å². The highest BCUT2D eigenvalue weighted by molar-refractivity contribution is 7.89. The van der Waals surface area contributed by atoms with E-state index in [1.165, 1.54) is 25.2 Å². The van der Waals surface area contributed by atoms with Gasteiger partial charge < -0.3 is 14.4 Å². The van der Waals surface area contributed by atoms with Crippen molar-refractivity contribution in [3.63, 3.8) is 0 Å². The number of sulfonamides is 1. The van der Waals surface area contributed by atoms with E-state index in [4.69, 9.17) is 9.47 Å². The molecule has 0 spiro atoms. The van der Waals surface area contributed by atoms with Crippen LogP contribution < -0.4 is 19.1 Å². The predicted molar refractivity (Wildman–Crippen MR) is 133 cm³/mol. The topological polar surface area (TPSA) is 84.0 Å². The molecule has 2 aromatic rings. The van der Waals surface area contributed by atoms with Gasteiger partial charge in [-0.1, -0.05) is 12.1 Å². The third-order valence-electron chi connectivity index (χ3n) is 6.67. The number of hydrogen-bond acceptors (Lipinski definition) is 7. The number of rotatable bonds is 8. The number of benzene rings is 1. The van der Waals surface area contributed by atoms with Gasteiger partial charge in [0.2, 0.25) is 10.0 Å². The lowest BCUT2D eigenvalue weighted by Crippen LogP contribution is -2.52. The molecular formula is C25H36N4O4S. The molecule has 0 atom stereocenters. The summed E-state index contributed by atoms with van der Waals surface area (Å²) in [6.07, 6.45) is 6.66. The van der Waals surface area contributed by atoms with E-state index in [2.05, 4.69) is 45.5 Å². The van der Waals surface area contributed by atoms with Crippen molar-refractivity contribution in [3.05, 3.63) is 42.7 Å². The molecule has 0 bridgehead atoms. The Kier molecular flexibility index (Phi) is 7.95. The van der Waals surface area contributed by atoms with Gasteiger partial charge >= 0.3 is 0 Å². The summed E-state index contributed by atoms with van der Waals surface area (Å²) < 4.78 is 39.8. The lowest BCUT2D eigenvalue weighted by molar-refractivity contribution is 0.139. The molecular weight excluding hydrogens is 452 g/mol. The third-order valence-corrected chi connectivity index (χ3v) is 8.20. The summed E-state index contributed by atoms with van der Waals surface area (Å²) >= 11 is 0. The third kappa shape index (κ3) is 5.82. The molecule has 4 rings (SSSR count). The molecule has 2 fully saturated rings. The normalized spacial score (nSPS) is 22.1. The van der Waals surface area contributed by atoms with Crippen LogP contribution in [0.3, 0.4) is 0 Å². The number of nitrogens with zero attached hydrogens (tertiary/aromatic N) is 3. The van der Waals surface area contributed by atoms with Gasteiger partial charge in [-0.05, 0) is 57.7 Å². The van der Waals surface area contributed by atoms with Gasteiger partial charge in [-0.3, -0.25) is 9.88 Å². The molecule has 0 amide bonds. The molecule has 34 heavy (non-hydrogen) atoms. The Morgan fingerprint density at radius 3 is 2.38 bits per heavy atom. The smallest absolute Gasteiger partial charge is 0.246 e. The highest BCUT2D eigenvalue weighted by Crippen LogP contribution is 2.31. The van der Waals surface area contributed by atoms with E-state index in [9.17, 15) is 8.42 Å². The van der Waals surface area contributed by atoms with Gasteiger partial charge in [0, 0.05) is 44.5 Å². The van der Waals surface area contributed by atoms with Crippen molar-refractivity contribution in [3.8, 4) is 11.5 Å². The van der Waals surface area contributed by atoms with E-state index in [0.717, 1.165) is 57.6 Å². The molecule has 1 aromatic carbocycles. The van der Waals surface area contributed by atoms with Gasteiger partial charge in [-0.25, -0.2) is 13.1 Å². The molecule has 9 heteroatoms. The number of aromatic nitrogens is 1. The zero-order chi connectivity index (χ0) is 24.1. The predicted octanol–water partition coefficient (Wildman–Crippen LogP) is 3.29. The molecule has 8 nitrogen and oxygen atoms in total. The van der Waals surface area contributed by atoms with Crippen molar-refractivity contribution >= 4 is 15.7 Å². The number of para-hydroxylation sites is 2. The van der Waals surface area contributed by atoms with Crippen LogP contribution in [-0.4, -0.2) is 69.8 Å². The van der Waals surface area contributed by atoms with Crippen LogP contribution in [0.2, 0.25) is 0 Å². The lowest BCUT2D eigenvalue weighted by Gasteiger charge is -2.43. The molecule has 1 saturated carbocycles.